The van der Waals surface area contributed by atoms with Crippen molar-refractivity contribution < 1.29 is 19.7 Å². The van der Waals surface area contributed by atoms with Gasteiger partial charge >= 0.3 is 0 Å². The lowest BCUT2D eigenvalue weighted by molar-refractivity contribution is 0.0388. The van der Waals surface area contributed by atoms with E-state index in [1.807, 2.05) is 0 Å². The number of hydrogen-bond donors (Lipinski definition) is 2. The summed E-state index contributed by atoms with van der Waals surface area (Å²) in [5, 5.41) is 18.8. The number of phenolic OH excluding ortho intramolecular Hbond substituents is 2. The molecule has 0 radical (unpaired) electrons. The van der Waals surface area contributed by atoms with Crippen molar-refractivity contribution in [2.45, 2.75) is 12.8 Å². The molecule has 5 nitrogen and oxygen atoms in total. The summed E-state index contributed by atoms with van der Waals surface area (Å²) in [4.78, 5) is 13.8. The molecule has 1 aliphatic rings. The Bertz CT molecular complexity index is 435. The summed E-state index contributed by atoms with van der Waals surface area (Å²) in [5.74, 6) is -0.0825. The highest BCUT2D eigenvalue weighted by atomic mass is 16.5. The maximum atomic E-state index is 12.2. The van der Waals surface area contributed by atoms with Crippen LogP contribution in [0, 0.1) is 5.92 Å². The fourth-order valence-electron chi connectivity index (χ4n) is 2.36. The molecule has 0 saturated carbocycles. The molecule has 0 aliphatic carbocycles. The second kappa shape index (κ2) is 5.93. The molecule has 1 unspecified atom stereocenters. The molecule has 19 heavy (non-hydrogen) atoms. The van der Waals surface area contributed by atoms with E-state index >= 15 is 0 Å². The number of carbonyl (C=O) groups is 1. The van der Waals surface area contributed by atoms with Crippen molar-refractivity contribution in [2.24, 2.45) is 5.92 Å². The Balaban J connectivity index is 2.01. The van der Waals surface area contributed by atoms with E-state index in [0.29, 0.717) is 19.1 Å². The van der Waals surface area contributed by atoms with Crippen molar-refractivity contribution in [3.05, 3.63) is 23.8 Å². The Kier molecular flexibility index (Phi) is 4.27. The van der Waals surface area contributed by atoms with Crippen LogP contribution in [0.15, 0.2) is 18.2 Å². The third-order valence-corrected chi connectivity index (χ3v) is 3.28. The van der Waals surface area contributed by atoms with Crippen LogP contribution >= 0.6 is 0 Å². The predicted octanol–water partition coefficient (Wildman–Crippen LogP) is 1.60. The number of amides is 1. The molecule has 104 valence electrons. The zero-order valence-corrected chi connectivity index (χ0v) is 11.0. The van der Waals surface area contributed by atoms with E-state index in [0.717, 1.165) is 19.4 Å². The standard InChI is InChI=1S/C14H19NO4/c1-15(8-10-3-2-4-19-9-10)14(18)11-5-12(16)7-13(17)6-11/h5-7,10,16-17H,2-4,8-9H2,1H3. The average molecular weight is 265 g/mol. The number of hydrogen-bond acceptors (Lipinski definition) is 4. The van der Waals surface area contributed by atoms with Crippen LogP contribution in [0.25, 0.3) is 0 Å². The molecule has 0 spiro atoms. The van der Waals surface area contributed by atoms with Crippen LogP contribution in [0.1, 0.15) is 23.2 Å². The van der Waals surface area contributed by atoms with Gasteiger partial charge < -0.3 is 19.8 Å². The first-order valence-electron chi connectivity index (χ1n) is 6.42. The molecule has 0 bridgehead atoms. The number of benzene rings is 1. The van der Waals surface area contributed by atoms with Gasteiger partial charge in [-0.1, -0.05) is 0 Å². The first kappa shape index (κ1) is 13.7. The van der Waals surface area contributed by atoms with Gasteiger partial charge in [0, 0.05) is 31.8 Å². The summed E-state index contributed by atoms with van der Waals surface area (Å²) in [5.41, 5.74) is 0.289. The Hall–Kier alpha value is -1.75. The van der Waals surface area contributed by atoms with Gasteiger partial charge in [0.1, 0.15) is 11.5 Å². The van der Waals surface area contributed by atoms with E-state index in [2.05, 4.69) is 0 Å². The minimum Gasteiger partial charge on any atom is -0.508 e. The zero-order valence-electron chi connectivity index (χ0n) is 11.0. The molecular formula is C14H19NO4. The van der Waals surface area contributed by atoms with Crippen molar-refractivity contribution in [1.82, 2.24) is 4.90 Å². The summed E-state index contributed by atoms with van der Waals surface area (Å²) in [7, 11) is 1.72. The van der Waals surface area contributed by atoms with Crippen molar-refractivity contribution in [3.8, 4) is 11.5 Å². The van der Waals surface area contributed by atoms with E-state index in [9.17, 15) is 15.0 Å². The van der Waals surface area contributed by atoms with Crippen LogP contribution in [-0.4, -0.2) is 47.8 Å². The van der Waals surface area contributed by atoms with E-state index in [4.69, 9.17) is 4.74 Å². The number of aromatic hydroxyl groups is 2. The van der Waals surface area contributed by atoms with Gasteiger partial charge in [-0.2, -0.15) is 0 Å². The van der Waals surface area contributed by atoms with Crippen LogP contribution < -0.4 is 0 Å². The topological polar surface area (TPSA) is 70.0 Å². The number of carbonyl (C=O) groups excluding carboxylic acids is 1. The number of rotatable bonds is 3. The predicted molar refractivity (Wildman–Crippen MR) is 70.3 cm³/mol. The highest BCUT2D eigenvalue weighted by Gasteiger charge is 2.20. The SMILES string of the molecule is CN(CC1CCCOC1)C(=O)c1cc(O)cc(O)c1. The van der Waals surface area contributed by atoms with Crippen molar-refractivity contribution >= 4 is 5.91 Å². The highest BCUT2D eigenvalue weighted by molar-refractivity contribution is 5.94. The summed E-state index contributed by atoms with van der Waals surface area (Å²) >= 11 is 0. The largest absolute Gasteiger partial charge is 0.508 e. The molecule has 1 aliphatic heterocycles. The van der Waals surface area contributed by atoms with Gasteiger partial charge in [-0.25, -0.2) is 0 Å². The molecule has 1 saturated heterocycles. The summed E-state index contributed by atoms with van der Waals surface area (Å²) in [6.07, 6.45) is 2.09. The third kappa shape index (κ3) is 3.61. The molecule has 1 heterocycles. The van der Waals surface area contributed by atoms with Crippen molar-refractivity contribution in [2.75, 3.05) is 26.8 Å². The van der Waals surface area contributed by atoms with Gasteiger partial charge in [0.2, 0.25) is 0 Å². The second-order valence-corrected chi connectivity index (χ2v) is 5.01. The molecule has 0 aromatic heterocycles. The van der Waals surface area contributed by atoms with E-state index in [1.165, 1.54) is 18.2 Å². The minimum absolute atomic E-state index is 0.113. The fourth-order valence-corrected chi connectivity index (χ4v) is 2.36. The minimum atomic E-state index is -0.211. The Morgan fingerprint density at radius 3 is 2.63 bits per heavy atom. The van der Waals surface area contributed by atoms with Gasteiger partial charge in [0.25, 0.3) is 5.91 Å². The Morgan fingerprint density at radius 2 is 2.05 bits per heavy atom. The molecule has 1 aromatic carbocycles. The lowest BCUT2D eigenvalue weighted by Crippen LogP contribution is -2.35. The highest BCUT2D eigenvalue weighted by Crippen LogP contribution is 2.22. The normalized spacial score (nSPS) is 19.1. The number of ether oxygens (including phenoxy) is 1. The lowest BCUT2D eigenvalue weighted by atomic mass is 10.0. The molecular weight excluding hydrogens is 246 g/mol. The van der Waals surface area contributed by atoms with Crippen LogP contribution in [0.2, 0.25) is 0 Å². The van der Waals surface area contributed by atoms with E-state index in [1.54, 1.807) is 11.9 Å². The number of nitrogens with zero attached hydrogens (tertiary/aromatic N) is 1. The average Bonchev–Trinajstić information content (AvgIpc) is 2.37. The maximum Gasteiger partial charge on any atom is 0.253 e. The van der Waals surface area contributed by atoms with Crippen LogP contribution in [-0.2, 0) is 4.74 Å². The van der Waals surface area contributed by atoms with Crippen LogP contribution in [0.4, 0.5) is 0 Å². The van der Waals surface area contributed by atoms with Crippen LogP contribution in [0.5, 0.6) is 11.5 Å². The summed E-state index contributed by atoms with van der Waals surface area (Å²) in [6.45, 7) is 2.10. The smallest absolute Gasteiger partial charge is 0.253 e. The molecule has 2 N–H and O–H groups in total. The monoisotopic (exact) mass is 265 g/mol. The Morgan fingerprint density at radius 1 is 1.37 bits per heavy atom. The third-order valence-electron chi connectivity index (χ3n) is 3.28. The summed E-state index contributed by atoms with van der Waals surface area (Å²) in [6, 6.07) is 3.91. The zero-order chi connectivity index (χ0) is 13.8. The fraction of sp³-hybridized carbons (Fsp3) is 0.500. The first-order valence-corrected chi connectivity index (χ1v) is 6.42. The first-order chi connectivity index (χ1) is 9.06. The molecule has 5 heteroatoms. The van der Waals surface area contributed by atoms with Gasteiger partial charge in [-0.3, -0.25) is 4.79 Å². The van der Waals surface area contributed by atoms with Crippen molar-refractivity contribution in [3.63, 3.8) is 0 Å². The lowest BCUT2D eigenvalue weighted by Gasteiger charge is -2.27. The van der Waals surface area contributed by atoms with E-state index in [-0.39, 0.29) is 23.0 Å². The number of phenols is 2. The molecule has 1 atom stereocenters. The van der Waals surface area contributed by atoms with Gasteiger partial charge in [-0.05, 0) is 30.9 Å². The van der Waals surface area contributed by atoms with Crippen molar-refractivity contribution in [1.29, 1.82) is 0 Å². The second-order valence-electron chi connectivity index (χ2n) is 5.01. The molecule has 2 rings (SSSR count). The van der Waals surface area contributed by atoms with Gasteiger partial charge in [0.15, 0.2) is 0 Å². The quantitative estimate of drug-likeness (QED) is 0.871. The van der Waals surface area contributed by atoms with Gasteiger partial charge in [0.05, 0.1) is 6.61 Å². The van der Waals surface area contributed by atoms with Gasteiger partial charge in [-0.15, -0.1) is 0 Å². The molecule has 1 aromatic rings. The summed E-state index contributed by atoms with van der Waals surface area (Å²) < 4.78 is 5.39. The Labute approximate surface area is 112 Å². The maximum absolute atomic E-state index is 12.2. The van der Waals surface area contributed by atoms with E-state index < -0.39 is 0 Å². The van der Waals surface area contributed by atoms with Crippen LogP contribution in [0.3, 0.4) is 0 Å². The molecule has 1 fully saturated rings. The molecule has 1 amide bonds.